The third kappa shape index (κ3) is 8.64. The van der Waals surface area contributed by atoms with E-state index in [9.17, 15) is 10.2 Å². The molecule has 0 unspecified atom stereocenters. The summed E-state index contributed by atoms with van der Waals surface area (Å²) in [5.74, 6) is 2.27. The molecule has 6 rings (SSSR count). The molecule has 6 aromatic rings. The summed E-state index contributed by atoms with van der Waals surface area (Å²) in [5, 5.41) is 22.7. The third-order valence-electron chi connectivity index (χ3n) is 9.45. The zero-order chi connectivity index (χ0) is 36.1. The molecule has 0 saturated heterocycles. The average molecular weight is 677 g/mol. The molecule has 0 saturated carbocycles. The van der Waals surface area contributed by atoms with Gasteiger partial charge in [0.05, 0.1) is 13.2 Å². The maximum absolute atomic E-state index is 11.3. The van der Waals surface area contributed by atoms with Gasteiger partial charge in [-0.3, -0.25) is 0 Å². The zero-order valence-corrected chi connectivity index (χ0v) is 30.6. The number of ether oxygens (including phenoxy) is 2. The summed E-state index contributed by atoms with van der Waals surface area (Å²) in [5.41, 5.74) is 14.7. The molecule has 0 fully saturated rings. The Hall–Kier alpha value is -5.48. The molecule has 0 spiro atoms. The van der Waals surface area contributed by atoms with Crippen LogP contribution in [-0.2, 0) is 12.8 Å². The predicted octanol–water partition coefficient (Wildman–Crippen LogP) is 11.3. The Labute approximate surface area is 303 Å². The first-order valence-electron chi connectivity index (χ1n) is 17.8. The minimum absolute atomic E-state index is 0.333. The average Bonchev–Trinajstić information content (AvgIpc) is 3.10. The van der Waals surface area contributed by atoms with E-state index >= 15 is 0 Å². The van der Waals surface area contributed by atoms with E-state index in [1.54, 1.807) is 0 Å². The molecule has 0 radical (unpaired) electrons. The lowest BCUT2D eigenvalue weighted by atomic mass is 9.92. The van der Waals surface area contributed by atoms with E-state index in [4.69, 9.17) is 9.47 Å². The van der Waals surface area contributed by atoms with Gasteiger partial charge in [0.15, 0.2) is 0 Å². The van der Waals surface area contributed by atoms with Crippen molar-refractivity contribution in [2.24, 2.45) is 0 Å². The summed E-state index contributed by atoms with van der Waals surface area (Å²) < 4.78 is 12.2. The highest BCUT2D eigenvalue weighted by Crippen LogP contribution is 2.38. The standard InChI is InChI=1S/C47H48O4/c1-30-14-16-34(5)42(22-30)44-24-32(3)20-38(46(44)48)26-36-10-7-12-40(28-36)50-18-9-19-51-41-13-8-11-37(29-41)27-39-21-33(4)25-45(47(39)49)43-23-31(2)15-17-35(43)6/h7-8,10-17,20-25,28-29,48-49H,9,18-19,26-27H2,1-6H3. The first-order valence-corrected chi connectivity index (χ1v) is 17.8. The van der Waals surface area contributed by atoms with Crippen molar-refractivity contribution >= 4 is 0 Å². The Morgan fingerprint density at radius 2 is 0.843 bits per heavy atom. The molecular weight excluding hydrogens is 629 g/mol. The molecule has 4 nitrogen and oxygen atoms in total. The van der Waals surface area contributed by atoms with Crippen LogP contribution in [0.5, 0.6) is 23.0 Å². The van der Waals surface area contributed by atoms with E-state index in [2.05, 4.69) is 126 Å². The van der Waals surface area contributed by atoms with Crippen LogP contribution in [0.4, 0.5) is 0 Å². The van der Waals surface area contributed by atoms with Gasteiger partial charge in [0, 0.05) is 30.4 Å². The van der Waals surface area contributed by atoms with Gasteiger partial charge < -0.3 is 19.7 Å². The number of hydrogen-bond donors (Lipinski definition) is 2. The topological polar surface area (TPSA) is 58.9 Å². The van der Waals surface area contributed by atoms with Gasteiger partial charge in [0.25, 0.3) is 0 Å². The monoisotopic (exact) mass is 676 g/mol. The lowest BCUT2D eigenvalue weighted by molar-refractivity contribution is 0.247. The lowest BCUT2D eigenvalue weighted by Gasteiger charge is -2.15. The van der Waals surface area contributed by atoms with Gasteiger partial charge in [-0.2, -0.15) is 0 Å². The summed E-state index contributed by atoms with van der Waals surface area (Å²) >= 11 is 0. The van der Waals surface area contributed by atoms with Crippen molar-refractivity contribution in [2.75, 3.05) is 13.2 Å². The van der Waals surface area contributed by atoms with E-state index in [1.807, 2.05) is 24.3 Å². The predicted molar refractivity (Wildman–Crippen MR) is 210 cm³/mol. The summed E-state index contributed by atoms with van der Waals surface area (Å²) in [7, 11) is 0. The second kappa shape index (κ2) is 15.6. The molecule has 0 aliphatic carbocycles. The minimum Gasteiger partial charge on any atom is -0.507 e. The van der Waals surface area contributed by atoms with Gasteiger partial charge in [-0.15, -0.1) is 0 Å². The van der Waals surface area contributed by atoms with Crippen LogP contribution in [0.2, 0.25) is 0 Å². The van der Waals surface area contributed by atoms with E-state index in [-0.39, 0.29) is 0 Å². The van der Waals surface area contributed by atoms with Crippen molar-refractivity contribution in [2.45, 2.75) is 60.8 Å². The number of aryl methyl sites for hydroxylation is 6. The first-order chi connectivity index (χ1) is 24.5. The number of phenols is 2. The highest BCUT2D eigenvalue weighted by molar-refractivity contribution is 5.77. The lowest BCUT2D eigenvalue weighted by Crippen LogP contribution is -2.05. The molecule has 51 heavy (non-hydrogen) atoms. The van der Waals surface area contributed by atoms with Crippen molar-refractivity contribution in [1.82, 2.24) is 0 Å². The molecule has 260 valence electrons. The number of rotatable bonds is 12. The first kappa shape index (κ1) is 35.3. The van der Waals surface area contributed by atoms with E-state index < -0.39 is 0 Å². The smallest absolute Gasteiger partial charge is 0.126 e. The van der Waals surface area contributed by atoms with Crippen LogP contribution in [0.25, 0.3) is 22.3 Å². The van der Waals surface area contributed by atoms with Gasteiger partial charge in [0.2, 0.25) is 0 Å². The number of aromatic hydroxyl groups is 2. The summed E-state index contributed by atoms with van der Waals surface area (Å²) in [6.07, 6.45) is 1.94. The van der Waals surface area contributed by atoms with E-state index in [0.29, 0.717) is 37.6 Å². The van der Waals surface area contributed by atoms with Gasteiger partial charge in [0.1, 0.15) is 23.0 Å². The molecule has 0 atom stereocenters. The normalized spacial score (nSPS) is 11.1. The Bertz CT molecular complexity index is 2020. The van der Waals surface area contributed by atoms with E-state index in [1.165, 1.54) is 11.1 Å². The molecule has 0 aliphatic rings. The minimum atomic E-state index is 0.333. The summed E-state index contributed by atoms with van der Waals surface area (Å²) in [6.45, 7) is 13.5. The van der Waals surface area contributed by atoms with Crippen LogP contribution >= 0.6 is 0 Å². The Morgan fingerprint density at radius 1 is 0.431 bits per heavy atom. The zero-order valence-electron chi connectivity index (χ0n) is 30.6. The van der Waals surface area contributed by atoms with Crippen molar-refractivity contribution in [3.8, 4) is 45.3 Å². The second-order valence-electron chi connectivity index (χ2n) is 14.0. The van der Waals surface area contributed by atoms with Crippen molar-refractivity contribution < 1.29 is 19.7 Å². The molecule has 4 heteroatoms. The highest BCUT2D eigenvalue weighted by atomic mass is 16.5. The SMILES string of the molecule is Cc1ccc(C)c(-c2cc(C)cc(Cc3cccc(OCCCOc4cccc(Cc5cc(C)cc(-c6cc(C)ccc6C)c5O)c4)c3)c2O)c1. The van der Waals surface area contributed by atoms with Gasteiger partial charge >= 0.3 is 0 Å². The molecule has 0 aromatic heterocycles. The number of hydrogen-bond acceptors (Lipinski definition) is 4. The summed E-state index contributed by atoms with van der Waals surface area (Å²) in [4.78, 5) is 0. The fraction of sp³-hybridized carbons (Fsp3) is 0.234. The molecule has 0 heterocycles. The van der Waals surface area contributed by atoms with Crippen LogP contribution in [0, 0.1) is 41.5 Å². The maximum Gasteiger partial charge on any atom is 0.126 e. The second-order valence-corrected chi connectivity index (χ2v) is 14.0. The Kier molecular flexibility index (Phi) is 10.8. The quantitative estimate of drug-likeness (QED) is 0.127. The van der Waals surface area contributed by atoms with Crippen molar-refractivity contribution in [3.05, 3.63) is 165 Å². The van der Waals surface area contributed by atoms with Crippen LogP contribution < -0.4 is 9.47 Å². The number of phenolic OH excluding ortho intramolecular Hbond substituents is 2. The van der Waals surface area contributed by atoms with Gasteiger partial charge in [-0.25, -0.2) is 0 Å². The largest absolute Gasteiger partial charge is 0.507 e. The van der Waals surface area contributed by atoms with Gasteiger partial charge in [-0.1, -0.05) is 83.9 Å². The van der Waals surface area contributed by atoms with Crippen LogP contribution in [0.15, 0.2) is 109 Å². The highest BCUT2D eigenvalue weighted by Gasteiger charge is 2.15. The maximum atomic E-state index is 11.3. The van der Waals surface area contributed by atoms with E-state index in [0.717, 1.165) is 84.7 Å². The van der Waals surface area contributed by atoms with Crippen LogP contribution in [-0.4, -0.2) is 23.4 Å². The van der Waals surface area contributed by atoms with Crippen LogP contribution in [0.1, 0.15) is 62.1 Å². The fourth-order valence-corrected chi connectivity index (χ4v) is 6.81. The van der Waals surface area contributed by atoms with Gasteiger partial charge in [-0.05, 0) is 134 Å². The molecule has 0 bridgehead atoms. The van der Waals surface area contributed by atoms with Crippen LogP contribution in [0.3, 0.4) is 0 Å². The molecule has 2 N–H and O–H groups in total. The molecular formula is C47H48O4. The molecule has 0 aliphatic heterocycles. The molecule has 6 aromatic carbocycles. The third-order valence-corrected chi connectivity index (χ3v) is 9.45. The fourth-order valence-electron chi connectivity index (χ4n) is 6.81. The number of benzene rings is 6. The van der Waals surface area contributed by atoms with Crippen molar-refractivity contribution in [1.29, 1.82) is 0 Å². The Morgan fingerprint density at radius 3 is 1.27 bits per heavy atom. The van der Waals surface area contributed by atoms with Crippen molar-refractivity contribution in [3.63, 3.8) is 0 Å². The summed E-state index contributed by atoms with van der Waals surface area (Å²) in [6, 6.07) is 37.2. The molecule has 0 amide bonds. The Balaban J connectivity index is 1.05.